The van der Waals surface area contributed by atoms with E-state index >= 15 is 0 Å². The summed E-state index contributed by atoms with van der Waals surface area (Å²) in [5.41, 5.74) is 3.88. The molecule has 1 atom stereocenters. The van der Waals surface area contributed by atoms with Gasteiger partial charge in [-0.15, -0.1) is 0 Å². The van der Waals surface area contributed by atoms with Crippen LogP contribution in [0.3, 0.4) is 0 Å². The van der Waals surface area contributed by atoms with Crippen LogP contribution in [-0.2, 0) is 0 Å². The van der Waals surface area contributed by atoms with Crippen LogP contribution in [0.5, 0.6) is 0 Å². The average Bonchev–Trinajstić information content (AvgIpc) is 2.15. The molecule has 2 rings (SSSR count). The van der Waals surface area contributed by atoms with Crippen molar-refractivity contribution in [1.29, 1.82) is 0 Å². The van der Waals surface area contributed by atoms with E-state index in [-0.39, 0.29) is 0 Å². The lowest BCUT2D eigenvalue weighted by Crippen LogP contribution is -2.32. The lowest BCUT2D eigenvalue weighted by molar-refractivity contribution is 0.689. The van der Waals surface area contributed by atoms with Crippen molar-refractivity contribution in [3.63, 3.8) is 0 Å². The number of fused-ring (bicyclic) bond motifs is 1. The van der Waals surface area contributed by atoms with Crippen molar-refractivity contribution in [2.24, 2.45) is 0 Å². The largest absolute Gasteiger partial charge is 0.371 e. The summed E-state index contributed by atoms with van der Waals surface area (Å²) in [5.74, 6) is 0. The second kappa shape index (κ2) is 2.91. The van der Waals surface area contributed by atoms with Crippen LogP contribution in [0.4, 0.5) is 5.69 Å². The molecule has 0 bridgehead atoms. The molecule has 0 amide bonds. The van der Waals surface area contributed by atoms with E-state index in [9.17, 15) is 0 Å². The second-order valence-electron chi connectivity index (χ2n) is 3.78. The Hall–Kier alpha value is -1.24. The van der Waals surface area contributed by atoms with Crippen LogP contribution < -0.4 is 4.90 Å². The van der Waals surface area contributed by atoms with Gasteiger partial charge < -0.3 is 4.90 Å². The summed E-state index contributed by atoms with van der Waals surface area (Å²) in [6.07, 6.45) is 1.08. The normalized spacial score (nSPS) is 21.5. The van der Waals surface area contributed by atoms with Gasteiger partial charge in [0.25, 0.3) is 0 Å². The van der Waals surface area contributed by atoms with E-state index in [4.69, 9.17) is 0 Å². The quantitative estimate of drug-likeness (QED) is 0.583. The van der Waals surface area contributed by atoms with Crippen molar-refractivity contribution in [1.82, 2.24) is 0 Å². The van der Waals surface area contributed by atoms with Gasteiger partial charge in [-0.25, -0.2) is 0 Å². The molecule has 1 aliphatic rings. The van der Waals surface area contributed by atoms with Gasteiger partial charge in [0.1, 0.15) is 0 Å². The van der Waals surface area contributed by atoms with E-state index in [1.165, 1.54) is 16.8 Å². The lowest BCUT2D eigenvalue weighted by Gasteiger charge is -2.34. The van der Waals surface area contributed by atoms with Crippen molar-refractivity contribution in [3.05, 3.63) is 36.4 Å². The van der Waals surface area contributed by atoms with Gasteiger partial charge in [-0.05, 0) is 25.0 Å². The number of nitrogens with zero attached hydrogens (tertiary/aromatic N) is 1. The maximum atomic E-state index is 4.11. The smallest absolute Gasteiger partial charge is 0.0442 e. The van der Waals surface area contributed by atoms with Crippen molar-refractivity contribution in [3.8, 4) is 0 Å². The first-order chi connectivity index (χ1) is 6.20. The van der Waals surface area contributed by atoms with Crippen LogP contribution in [0.25, 0.3) is 5.57 Å². The van der Waals surface area contributed by atoms with Crippen molar-refractivity contribution < 1.29 is 0 Å². The van der Waals surface area contributed by atoms with Crippen molar-refractivity contribution >= 4 is 11.3 Å². The Bertz CT molecular complexity index is 341. The molecule has 0 saturated heterocycles. The maximum Gasteiger partial charge on any atom is 0.0442 e. The minimum absolute atomic E-state index is 0.572. The van der Waals surface area contributed by atoms with Crippen LogP contribution in [0.1, 0.15) is 18.9 Å². The van der Waals surface area contributed by atoms with E-state index in [2.05, 4.69) is 49.7 Å². The molecule has 1 aromatic carbocycles. The van der Waals surface area contributed by atoms with Crippen molar-refractivity contribution in [2.75, 3.05) is 11.9 Å². The fraction of sp³-hybridized carbons (Fsp3) is 0.333. The van der Waals surface area contributed by atoms with Crippen LogP contribution in [0.15, 0.2) is 30.8 Å². The molecule has 0 aliphatic carbocycles. The molecule has 1 heteroatoms. The Morgan fingerprint density at radius 3 is 2.85 bits per heavy atom. The molecule has 0 fully saturated rings. The van der Waals surface area contributed by atoms with E-state index < -0.39 is 0 Å². The van der Waals surface area contributed by atoms with E-state index in [1.807, 2.05) is 0 Å². The Morgan fingerprint density at radius 1 is 1.38 bits per heavy atom. The zero-order valence-corrected chi connectivity index (χ0v) is 8.25. The van der Waals surface area contributed by atoms with Gasteiger partial charge in [0.2, 0.25) is 0 Å². The molecule has 0 spiro atoms. The lowest BCUT2D eigenvalue weighted by atomic mass is 9.93. The standard InChI is InChI=1S/C12H15N/c1-9-8-10(2)13(3)12-7-5-4-6-11(9)12/h4-7,10H,1,8H2,2-3H3. The van der Waals surface area contributed by atoms with Gasteiger partial charge in [-0.3, -0.25) is 0 Å². The zero-order chi connectivity index (χ0) is 9.42. The molecule has 0 saturated carbocycles. The number of benzene rings is 1. The third-order valence-corrected chi connectivity index (χ3v) is 2.87. The predicted molar refractivity (Wildman–Crippen MR) is 58.0 cm³/mol. The zero-order valence-electron chi connectivity index (χ0n) is 8.25. The maximum absolute atomic E-state index is 4.11. The van der Waals surface area contributed by atoms with Crippen molar-refractivity contribution in [2.45, 2.75) is 19.4 Å². The Balaban J connectivity index is 2.53. The molecule has 0 N–H and O–H groups in total. The third-order valence-electron chi connectivity index (χ3n) is 2.87. The molecule has 1 nitrogen and oxygen atoms in total. The number of hydrogen-bond acceptors (Lipinski definition) is 1. The van der Waals surface area contributed by atoms with Gasteiger partial charge in [-0.2, -0.15) is 0 Å². The molecular weight excluding hydrogens is 158 g/mol. The Kier molecular flexibility index (Phi) is 1.87. The highest BCUT2D eigenvalue weighted by molar-refractivity contribution is 5.79. The van der Waals surface area contributed by atoms with E-state index in [0.29, 0.717) is 6.04 Å². The molecule has 1 aliphatic heterocycles. The van der Waals surface area contributed by atoms with E-state index in [0.717, 1.165) is 6.42 Å². The fourth-order valence-electron chi connectivity index (χ4n) is 1.92. The highest BCUT2D eigenvalue weighted by atomic mass is 15.1. The summed E-state index contributed by atoms with van der Waals surface area (Å²) < 4.78 is 0. The summed E-state index contributed by atoms with van der Waals surface area (Å²) in [6, 6.07) is 9.05. The topological polar surface area (TPSA) is 3.24 Å². The number of anilines is 1. The van der Waals surface area contributed by atoms with Gasteiger partial charge in [0, 0.05) is 24.3 Å². The second-order valence-corrected chi connectivity index (χ2v) is 3.78. The van der Waals surface area contributed by atoms with E-state index in [1.54, 1.807) is 0 Å². The van der Waals surface area contributed by atoms with Crippen LogP contribution in [-0.4, -0.2) is 13.1 Å². The Labute approximate surface area is 79.7 Å². The monoisotopic (exact) mass is 173 g/mol. The summed E-state index contributed by atoms with van der Waals surface area (Å²) >= 11 is 0. The fourth-order valence-corrected chi connectivity index (χ4v) is 1.92. The third kappa shape index (κ3) is 1.24. The minimum Gasteiger partial charge on any atom is -0.371 e. The molecule has 1 heterocycles. The molecule has 1 unspecified atom stereocenters. The summed E-state index contributed by atoms with van der Waals surface area (Å²) in [5, 5.41) is 0. The van der Waals surface area contributed by atoms with Crippen LogP contribution in [0.2, 0.25) is 0 Å². The first-order valence-electron chi connectivity index (χ1n) is 4.70. The molecule has 0 radical (unpaired) electrons. The van der Waals surface area contributed by atoms with Gasteiger partial charge in [0.15, 0.2) is 0 Å². The average molecular weight is 173 g/mol. The predicted octanol–water partition coefficient (Wildman–Crippen LogP) is 2.93. The molecular formula is C12H15N. The number of para-hydroxylation sites is 1. The Morgan fingerprint density at radius 2 is 2.08 bits per heavy atom. The molecule has 68 valence electrons. The van der Waals surface area contributed by atoms with Gasteiger partial charge in [0.05, 0.1) is 0 Å². The van der Waals surface area contributed by atoms with Gasteiger partial charge >= 0.3 is 0 Å². The summed E-state index contributed by atoms with van der Waals surface area (Å²) in [7, 11) is 2.15. The summed E-state index contributed by atoms with van der Waals surface area (Å²) in [6.45, 7) is 6.35. The summed E-state index contributed by atoms with van der Waals surface area (Å²) in [4.78, 5) is 2.32. The highest BCUT2D eigenvalue weighted by Gasteiger charge is 2.21. The van der Waals surface area contributed by atoms with Crippen LogP contribution in [0, 0.1) is 0 Å². The number of rotatable bonds is 0. The molecule has 13 heavy (non-hydrogen) atoms. The first-order valence-corrected chi connectivity index (χ1v) is 4.70. The SMILES string of the molecule is C=C1CC(C)N(C)c2ccccc21. The first kappa shape index (κ1) is 8.36. The number of hydrogen-bond donors (Lipinski definition) is 0. The van der Waals surface area contributed by atoms with Crippen LogP contribution >= 0.6 is 0 Å². The molecule has 0 aromatic heterocycles. The molecule has 1 aromatic rings. The highest BCUT2D eigenvalue weighted by Crippen LogP contribution is 2.35. The minimum atomic E-state index is 0.572. The van der Waals surface area contributed by atoms with Gasteiger partial charge in [-0.1, -0.05) is 24.8 Å².